The van der Waals surface area contributed by atoms with E-state index in [1.165, 1.54) is 21.0 Å². The van der Waals surface area contributed by atoms with Crippen molar-refractivity contribution in [2.24, 2.45) is 11.8 Å². The summed E-state index contributed by atoms with van der Waals surface area (Å²) in [5, 5.41) is 8.49. The highest BCUT2D eigenvalue weighted by Gasteiger charge is 2.25. The molecule has 0 aliphatic carbocycles. The van der Waals surface area contributed by atoms with Gasteiger partial charge in [-0.15, -0.1) is 0 Å². The summed E-state index contributed by atoms with van der Waals surface area (Å²) in [5.74, 6) is -2.75. The molecule has 4 heteroatoms. The number of carboxylic acid groups (broad SMARTS) is 1. The molecule has 0 bridgehead atoms. The van der Waals surface area contributed by atoms with Crippen molar-refractivity contribution in [1.29, 1.82) is 0 Å². The fourth-order valence-electron chi connectivity index (χ4n) is 0.604. The maximum atomic E-state index is 10.8. The quantitative estimate of drug-likeness (QED) is 0.611. The second-order valence-electron chi connectivity index (χ2n) is 2.44. The molecule has 0 aliphatic rings. The van der Waals surface area contributed by atoms with Gasteiger partial charge in [0.15, 0.2) is 0 Å². The standard InChI is InChI=1S/C7H12O4/c1-4(6(8)9)5(2)7(10)11-3/h4-5H,1-3H3,(H,8,9)/t4-,5-/m1/s1. The smallest absolute Gasteiger partial charge is 0.309 e. The van der Waals surface area contributed by atoms with Gasteiger partial charge in [0.2, 0.25) is 0 Å². The van der Waals surface area contributed by atoms with Gasteiger partial charge < -0.3 is 9.84 Å². The highest BCUT2D eigenvalue weighted by atomic mass is 16.5. The molecule has 1 N–H and O–H groups in total. The van der Waals surface area contributed by atoms with E-state index in [2.05, 4.69) is 4.74 Å². The number of esters is 1. The van der Waals surface area contributed by atoms with E-state index in [1.54, 1.807) is 0 Å². The van der Waals surface area contributed by atoms with Crippen molar-refractivity contribution in [3.63, 3.8) is 0 Å². The Morgan fingerprint density at radius 2 is 1.73 bits per heavy atom. The number of hydrogen-bond acceptors (Lipinski definition) is 3. The van der Waals surface area contributed by atoms with Gasteiger partial charge >= 0.3 is 11.9 Å². The number of ether oxygens (including phenoxy) is 1. The van der Waals surface area contributed by atoms with E-state index in [-0.39, 0.29) is 0 Å². The maximum absolute atomic E-state index is 10.8. The average molecular weight is 160 g/mol. The summed E-state index contributed by atoms with van der Waals surface area (Å²) in [6.07, 6.45) is 0. The van der Waals surface area contributed by atoms with Gasteiger partial charge in [-0.3, -0.25) is 9.59 Å². The lowest BCUT2D eigenvalue weighted by molar-refractivity contribution is -0.154. The Hall–Kier alpha value is -1.06. The van der Waals surface area contributed by atoms with Gasteiger partial charge in [-0.2, -0.15) is 0 Å². The van der Waals surface area contributed by atoms with Crippen molar-refractivity contribution in [3.8, 4) is 0 Å². The van der Waals surface area contributed by atoms with Crippen LogP contribution in [0.3, 0.4) is 0 Å². The number of carbonyl (C=O) groups excluding carboxylic acids is 1. The summed E-state index contributed by atoms with van der Waals surface area (Å²) < 4.78 is 4.38. The van der Waals surface area contributed by atoms with Crippen molar-refractivity contribution >= 4 is 11.9 Å². The van der Waals surface area contributed by atoms with Crippen molar-refractivity contribution in [2.45, 2.75) is 13.8 Å². The zero-order valence-electron chi connectivity index (χ0n) is 6.83. The number of aliphatic carboxylic acids is 1. The Balaban J connectivity index is 4.12. The lowest BCUT2D eigenvalue weighted by Crippen LogP contribution is -2.26. The van der Waals surface area contributed by atoms with Crippen molar-refractivity contribution < 1.29 is 19.4 Å². The van der Waals surface area contributed by atoms with Crippen LogP contribution in [0, 0.1) is 11.8 Å². The van der Waals surface area contributed by atoms with Crippen LogP contribution in [0.1, 0.15) is 13.8 Å². The molecule has 0 unspecified atom stereocenters. The number of hydrogen-bond donors (Lipinski definition) is 1. The van der Waals surface area contributed by atoms with E-state index >= 15 is 0 Å². The zero-order chi connectivity index (χ0) is 9.02. The molecule has 0 aromatic carbocycles. The molecule has 11 heavy (non-hydrogen) atoms. The van der Waals surface area contributed by atoms with Crippen LogP contribution in [0.15, 0.2) is 0 Å². The molecule has 0 spiro atoms. The maximum Gasteiger partial charge on any atom is 0.309 e. The Morgan fingerprint density at radius 3 is 2.00 bits per heavy atom. The molecule has 4 nitrogen and oxygen atoms in total. The Kier molecular flexibility index (Phi) is 3.57. The molecule has 0 aliphatic heterocycles. The van der Waals surface area contributed by atoms with E-state index in [0.717, 1.165) is 0 Å². The molecule has 0 rings (SSSR count). The Bertz CT molecular complexity index is 164. The predicted octanol–water partition coefficient (Wildman–Crippen LogP) is 0.516. The van der Waals surface area contributed by atoms with Crippen molar-refractivity contribution in [3.05, 3.63) is 0 Å². The molecular weight excluding hydrogens is 148 g/mol. The lowest BCUT2D eigenvalue weighted by atomic mass is 9.97. The van der Waals surface area contributed by atoms with Crippen LogP contribution in [0.5, 0.6) is 0 Å². The van der Waals surface area contributed by atoms with Crippen molar-refractivity contribution in [1.82, 2.24) is 0 Å². The Morgan fingerprint density at radius 1 is 1.27 bits per heavy atom. The van der Waals surface area contributed by atoms with E-state index in [4.69, 9.17) is 5.11 Å². The summed E-state index contributed by atoms with van der Waals surface area (Å²) >= 11 is 0. The first-order chi connectivity index (χ1) is 5.00. The molecule has 2 atom stereocenters. The van der Waals surface area contributed by atoms with Crippen LogP contribution in [0.2, 0.25) is 0 Å². The highest BCUT2D eigenvalue weighted by molar-refractivity contribution is 5.80. The molecule has 0 saturated heterocycles. The van der Waals surface area contributed by atoms with Crippen LogP contribution in [-0.2, 0) is 14.3 Å². The second-order valence-corrected chi connectivity index (χ2v) is 2.44. The molecule has 0 saturated carbocycles. The number of carbonyl (C=O) groups is 2. The molecular formula is C7H12O4. The first-order valence-corrected chi connectivity index (χ1v) is 3.31. The second kappa shape index (κ2) is 3.95. The van der Waals surface area contributed by atoms with Crippen LogP contribution < -0.4 is 0 Å². The molecule has 0 radical (unpaired) electrons. The third-order valence-corrected chi connectivity index (χ3v) is 1.71. The van der Waals surface area contributed by atoms with Gasteiger partial charge in [0.1, 0.15) is 0 Å². The summed E-state index contributed by atoms with van der Waals surface area (Å²) in [6, 6.07) is 0. The van der Waals surface area contributed by atoms with Gasteiger partial charge in [-0.1, -0.05) is 13.8 Å². The minimum atomic E-state index is -0.983. The third kappa shape index (κ3) is 2.57. The monoisotopic (exact) mass is 160 g/mol. The molecule has 0 fully saturated rings. The first-order valence-electron chi connectivity index (χ1n) is 3.31. The Labute approximate surface area is 65.2 Å². The van der Waals surface area contributed by atoms with Gasteiger partial charge in [-0.25, -0.2) is 0 Å². The van der Waals surface area contributed by atoms with Gasteiger partial charge in [-0.05, 0) is 0 Å². The van der Waals surface area contributed by atoms with Gasteiger partial charge in [0.25, 0.3) is 0 Å². The lowest BCUT2D eigenvalue weighted by Gasteiger charge is -2.12. The molecule has 0 amide bonds. The molecule has 0 aromatic rings. The summed E-state index contributed by atoms with van der Waals surface area (Å²) in [4.78, 5) is 21.1. The van der Waals surface area contributed by atoms with E-state index < -0.39 is 23.8 Å². The third-order valence-electron chi connectivity index (χ3n) is 1.71. The topological polar surface area (TPSA) is 63.6 Å². The normalized spacial score (nSPS) is 15.2. The molecule has 64 valence electrons. The first kappa shape index (κ1) is 9.94. The van der Waals surface area contributed by atoms with Gasteiger partial charge in [0.05, 0.1) is 18.9 Å². The van der Waals surface area contributed by atoms with Crippen LogP contribution >= 0.6 is 0 Å². The van der Waals surface area contributed by atoms with Crippen LogP contribution in [0.25, 0.3) is 0 Å². The summed E-state index contributed by atoms with van der Waals surface area (Å²) in [6.45, 7) is 3.01. The van der Waals surface area contributed by atoms with Crippen LogP contribution in [0.4, 0.5) is 0 Å². The SMILES string of the molecule is COC(=O)[C@H](C)[C@@H](C)C(=O)O. The fraction of sp³-hybridized carbons (Fsp3) is 0.714. The van der Waals surface area contributed by atoms with Crippen molar-refractivity contribution in [2.75, 3.05) is 7.11 Å². The van der Waals surface area contributed by atoms with Crippen LogP contribution in [-0.4, -0.2) is 24.2 Å². The van der Waals surface area contributed by atoms with E-state index in [1.807, 2.05) is 0 Å². The highest BCUT2D eigenvalue weighted by Crippen LogP contribution is 2.11. The predicted molar refractivity (Wildman–Crippen MR) is 38.0 cm³/mol. The minimum Gasteiger partial charge on any atom is -0.481 e. The number of rotatable bonds is 3. The summed E-state index contributed by atoms with van der Waals surface area (Å²) in [5.41, 5.74) is 0. The largest absolute Gasteiger partial charge is 0.481 e. The summed E-state index contributed by atoms with van der Waals surface area (Å²) in [7, 11) is 1.24. The number of methoxy groups -OCH3 is 1. The number of carboxylic acids is 1. The van der Waals surface area contributed by atoms with E-state index in [0.29, 0.717) is 0 Å². The zero-order valence-corrected chi connectivity index (χ0v) is 6.83. The fourth-order valence-corrected chi connectivity index (χ4v) is 0.604. The minimum absolute atomic E-state index is 0.486. The van der Waals surface area contributed by atoms with Gasteiger partial charge in [0, 0.05) is 0 Å². The average Bonchev–Trinajstić information content (AvgIpc) is 2.00. The molecule has 0 heterocycles. The molecule has 0 aromatic heterocycles. The van der Waals surface area contributed by atoms with E-state index in [9.17, 15) is 9.59 Å².